The minimum atomic E-state index is -1.09. The predicted molar refractivity (Wildman–Crippen MR) is 110 cm³/mol. The molecule has 2 rings (SSSR count). The molecule has 7 nitrogen and oxygen atoms in total. The zero-order chi connectivity index (χ0) is 21.7. The molecular formula is C22H29NO6. The van der Waals surface area contributed by atoms with Crippen molar-refractivity contribution in [1.82, 2.24) is 5.32 Å². The van der Waals surface area contributed by atoms with Crippen LogP contribution >= 0.6 is 0 Å². The van der Waals surface area contributed by atoms with Gasteiger partial charge >= 0.3 is 11.6 Å². The van der Waals surface area contributed by atoms with Gasteiger partial charge in [0.2, 0.25) is 0 Å². The van der Waals surface area contributed by atoms with Gasteiger partial charge in [0.05, 0.1) is 0 Å². The molecule has 2 atom stereocenters. The smallest absolute Gasteiger partial charge is 0.336 e. The SMILES string of the molecule is CCCCc1cc(=O)oc2c(C)c(OC(C)C(=O)N[C@H](C(=O)O)C(C)C)ccc12. The summed E-state index contributed by atoms with van der Waals surface area (Å²) in [7, 11) is 0. The van der Waals surface area contributed by atoms with E-state index in [1.807, 2.05) is 6.07 Å². The monoisotopic (exact) mass is 403 g/mol. The average molecular weight is 403 g/mol. The van der Waals surface area contributed by atoms with E-state index in [2.05, 4.69) is 12.2 Å². The number of aryl methyl sites for hydroxylation is 2. The van der Waals surface area contributed by atoms with Gasteiger partial charge in [-0.15, -0.1) is 0 Å². The Balaban J connectivity index is 2.28. The van der Waals surface area contributed by atoms with Gasteiger partial charge in [-0.3, -0.25) is 4.79 Å². The number of hydrogen-bond donors (Lipinski definition) is 2. The van der Waals surface area contributed by atoms with Gasteiger partial charge in [0, 0.05) is 17.0 Å². The normalized spacial score (nSPS) is 13.3. The second-order valence-corrected chi connectivity index (χ2v) is 7.59. The lowest BCUT2D eigenvalue weighted by Gasteiger charge is -2.22. The third kappa shape index (κ3) is 5.37. The summed E-state index contributed by atoms with van der Waals surface area (Å²) >= 11 is 0. The number of amides is 1. The Bertz CT molecular complexity index is 946. The van der Waals surface area contributed by atoms with E-state index in [0.29, 0.717) is 16.9 Å². The molecule has 0 saturated carbocycles. The fourth-order valence-electron chi connectivity index (χ4n) is 3.14. The van der Waals surface area contributed by atoms with Gasteiger partial charge in [0.25, 0.3) is 5.91 Å². The number of carbonyl (C=O) groups is 2. The Morgan fingerprint density at radius 3 is 2.52 bits per heavy atom. The van der Waals surface area contributed by atoms with Crippen molar-refractivity contribution >= 4 is 22.8 Å². The molecule has 1 amide bonds. The Hall–Kier alpha value is -2.83. The van der Waals surface area contributed by atoms with Crippen LogP contribution in [0.5, 0.6) is 5.75 Å². The molecule has 1 aromatic carbocycles. The fourth-order valence-corrected chi connectivity index (χ4v) is 3.14. The highest BCUT2D eigenvalue weighted by Gasteiger charge is 2.27. The van der Waals surface area contributed by atoms with Crippen LogP contribution in [0.25, 0.3) is 11.0 Å². The molecule has 0 aliphatic rings. The molecule has 0 radical (unpaired) electrons. The number of nitrogens with one attached hydrogen (secondary N) is 1. The number of fused-ring (bicyclic) bond motifs is 1. The maximum atomic E-state index is 12.4. The van der Waals surface area contributed by atoms with Gasteiger partial charge in [-0.25, -0.2) is 9.59 Å². The summed E-state index contributed by atoms with van der Waals surface area (Å²) in [6, 6.07) is 4.09. The highest BCUT2D eigenvalue weighted by molar-refractivity contribution is 5.87. The zero-order valence-electron chi connectivity index (χ0n) is 17.6. The summed E-state index contributed by atoms with van der Waals surface area (Å²) in [5, 5.41) is 12.6. The molecule has 0 bridgehead atoms. The Morgan fingerprint density at radius 1 is 1.24 bits per heavy atom. The van der Waals surface area contributed by atoms with Crippen LogP contribution < -0.4 is 15.7 Å². The molecule has 0 aliphatic heterocycles. The van der Waals surface area contributed by atoms with Gasteiger partial charge in [-0.1, -0.05) is 27.2 Å². The van der Waals surface area contributed by atoms with Gasteiger partial charge in [0.1, 0.15) is 17.4 Å². The van der Waals surface area contributed by atoms with Crippen molar-refractivity contribution in [2.24, 2.45) is 5.92 Å². The summed E-state index contributed by atoms with van der Waals surface area (Å²) in [5.41, 5.74) is 1.58. The number of unbranched alkanes of at least 4 members (excludes halogenated alkanes) is 1. The van der Waals surface area contributed by atoms with Crippen LogP contribution in [-0.4, -0.2) is 29.1 Å². The molecule has 1 heterocycles. The lowest BCUT2D eigenvalue weighted by Crippen LogP contribution is -2.48. The van der Waals surface area contributed by atoms with Crippen LogP contribution in [0, 0.1) is 12.8 Å². The first-order valence-electron chi connectivity index (χ1n) is 9.91. The first-order valence-corrected chi connectivity index (χ1v) is 9.91. The highest BCUT2D eigenvalue weighted by atomic mass is 16.5. The molecule has 158 valence electrons. The predicted octanol–water partition coefficient (Wildman–Crippen LogP) is 3.44. The molecule has 0 spiro atoms. The van der Waals surface area contributed by atoms with Crippen molar-refractivity contribution < 1.29 is 23.8 Å². The standard InChI is InChI=1S/C22H29NO6/c1-6-7-8-15-11-18(24)29-20-13(4)17(10-9-16(15)20)28-14(5)21(25)23-19(12(2)3)22(26)27/h9-12,14,19H,6-8H2,1-5H3,(H,23,25)(H,26,27)/t14?,19-/m0/s1. The Labute approximate surface area is 170 Å². The Kier molecular flexibility index (Phi) is 7.42. The molecular weight excluding hydrogens is 374 g/mol. The highest BCUT2D eigenvalue weighted by Crippen LogP contribution is 2.29. The van der Waals surface area contributed by atoms with Gasteiger partial charge in [-0.2, -0.15) is 0 Å². The van der Waals surface area contributed by atoms with Crippen LogP contribution in [0.4, 0.5) is 0 Å². The number of rotatable bonds is 9. The quantitative estimate of drug-likeness (QED) is 0.621. The minimum Gasteiger partial charge on any atom is -0.480 e. The zero-order valence-corrected chi connectivity index (χ0v) is 17.6. The third-order valence-corrected chi connectivity index (χ3v) is 4.90. The van der Waals surface area contributed by atoms with E-state index in [0.717, 1.165) is 30.2 Å². The lowest BCUT2D eigenvalue weighted by atomic mass is 10.0. The number of carboxylic acid groups (broad SMARTS) is 1. The molecule has 29 heavy (non-hydrogen) atoms. The van der Waals surface area contributed by atoms with E-state index in [9.17, 15) is 19.5 Å². The van der Waals surface area contributed by atoms with Crippen molar-refractivity contribution in [3.8, 4) is 5.75 Å². The average Bonchev–Trinajstić information content (AvgIpc) is 2.65. The number of aliphatic carboxylic acids is 1. The van der Waals surface area contributed by atoms with Crippen LogP contribution in [0.2, 0.25) is 0 Å². The van der Waals surface area contributed by atoms with Gasteiger partial charge in [0.15, 0.2) is 6.10 Å². The molecule has 1 unspecified atom stereocenters. The summed E-state index contributed by atoms with van der Waals surface area (Å²) in [4.78, 5) is 35.7. The second-order valence-electron chi connectivity index (χ2n) is 7.59. The van der Waals surface area contributed by atoms with E-state index < -0.39 is 29.6 Å². The van der Waals surface area contributed by atoms with Crippen LogP contribution in [0.3, 0.4) is 0 Å². The maximum absolute atomic E-state index is 12.4. The summed E-state index contributed by atoms with van der Waals surface area (Å²) in [5.74, 6) is -1.47. The number of benzene rings is 1. The molecule has 0 fully saturated rings. The molecule has 0 saturated heterocycles. The molecule has 2 aromatic rings. The van der Waals surface area contributed by atoms with Crippen molar-refractivity contribution in [2.75, 3.05) is 0 Å². The van der Waals surface area contributed by atoms with E-state index in [1.54, 1.807) is 33.8 Å². The van der Waals surface area contributed by atoms with Crippen molar-refractivity contribution in [3.63, 3.8) is 0 Å². The third-order valence-electron chi connectivity index (χ3n) is 4.90. The van der Waals surface area contributed by atoms with Gasteiger partial charge < -0.3 is 19.6 Å². The lowest BCUT2D eigenvalue weighted by molar-refractivity contribution is -0.144. The topological polar surface area (TPSA) is 106 Å². The van der Waals surface area contributed by atoms with Crippen molar-refractivity contribution in [2.45, 2.75) is 66.0 Å². The largest absolute Gasteiger partial charge is 0.480 e. The first-order chi connectivity index (χ1) is 13.6. The van der Waals surface area contributed by atoms with Crippen LogP contribution in [0.1, 0.15) is 51.7 Å². The van der Waals surface area contributed by atoms with Crippen LogP contribution in [-0.2, 0) is 16.0 Å². The van der Waals surface area contributed by atoms with E-state index in [-0.39, 0.29) is 5.92 Å². The number of carboxylic acids is 1. The van der Waals surface area contributed by atoms with Gasteiger partial charge in [-0.05, 0) is 50.3 Å². The van der Waals surface area contributed by atoms with Crippen molar-refractivity contribution in [1.29, 1.82) is 0 Å². The second kappa shape index (κ2) is 9.58. The summed E-state index contributed by atoms with van der Waals surface area (Å²) in [6.07, 6.45) is 1.85. The maximum Gasteiger partial charge on any atom is 0.336 e. The first kappa shape index (κ1) is 22.5. The minimum absolute atomic E-state index is 0.262. The Morgan fingerprint density at radius 2 is 1.93 bits per heavy atom. The van der Waals surface area contributed by atoms with Crippen molar-refractivity contribution in [3.05, 3.63) is 39.7 Å². The molecule has 0 aliphatic carbocycles. The number of hydrogen-bond acceptors (Lipinski definition) is 5. The van der Waals surface area contributed by atoms with E-state index in [4.69, 9.17) is 9.15 Å². The fraction of sp³-hybridized carbons (Fsp3) is 0.500. The van der Waals surface area contributed by atoms with Crippen LogP contribution in [0.15, 0.2) is 27.4 Å². The molecule has 1 aromatic heterocycles. The summed E-state index contributed by atoms with van der Waals surface area (Å²) < 4.78 is 11.2. The van der Waals surface area contributed by atoms with E-state index in [1.165, 1.54) is 6.07 Å². The summed E-state index contributed by atoms with van der Waals surface area (Å²) in [6.45, 7) is 8.84. The molecule has 2 N–H and O–H groups in total. The number of ether oxygens (including phenoxy) is 1. The van der Waals surface area contributed by atoms with E-state index >= 15 is 0 Å². The molecule has 7 heteroatoms. The number of carbonyl (C=O) groups excluding carboxylic acids is 1.